The fourth-order valence-electron chi connectivity index (χ4n) is 3.12. The molecule has 2 aliphatic heterocycles. The Labute approximate surface area is 139 Å². The molecule has 0 atom stereocenters. The van der Waals surface area contributed by atoms with E-state index in [-0.39, 0.29) is 12.0 Å². The Balaban J connectivity index is 1.54. The van der Waals surface area contributed by atoms with Gasteiger partial charge in [0.2, 0.25) is 5.91 Å². The predicted molar refractivity (Wildman–Crippen MR) is 89.2 cm³/mol. The molecule has 0 spiro atoms. The van der Waals surface area contributed by atoms with Crippen LogP contribution in [0.2, 0.25) is 0 Å². The fourth-order valence-corrected chi connectivity index (χ4v) is 3.12. The van der Waals surface area contributed by atoms with E-state index in [1.54, 1.807) is 11.8 Å². The predicted octanol–water partition coefficient (Wildman–Crippen LogP) is 1.80. The summed E-state index contributed by atoms with van der Waals surface area (Å²) in [5.41, 5.74) is -0.413. The molecule has 2 heterocycles. The minimum atomic E-state index is -0.413. The van der Waals surface area contributed by atoms with Crippen molar-refractivity contribution in [2.75, 3.05) is 45.8 Å². The zero-order valence-corrected chi connectivity index (χ0v) is 15.0. The Morgan fingerprint density at radius 3 is 2.17 bits per heavy atom. The largest absolute Gasteiger partial charge is 0.444 e. The van der Waals surface area contributed by atoms with Crippen molar-refractivity contribution in [1.29, 1.82) is 0 Å². The van der Waals surface area contributed by atoms with E-state index in [4.69, 9.17) is 4.74 Å². The summed E-state index contributed by atoms with van der Waals surface area (Å²) in [6, 6.07) is 0. The molecule has 6 nitrogen and oxygen atoms in total. The minimum Gasteiger partial charge on any atom is -0.444 e. The Kier molecular flexibility index (Phi) is 5.89. The van der Waals surface area contributed by atoms with Gasteiger partial charge in [-0.15, -0.1) is 0 Å². The van der Waals surface area contributed by atoms with Gasteiger partial charge in [-0.25, -0.2) is 4.79 Å². The van der Waals surface area contributed by atoms with Gasteiger partial charge in [0.1, 0.15) is 5.60 Å². The zero-order chi connectivity index (χ0) is 17.0. The van der Waals surface area contributed by atoms with Crippen molar-refractivity contribution in [2.45, 2.75) is 46.1 Å². The third-order valence-electron chi connectivity index (χ3n) is 4.51. The number of nitrogens with zero attached hydrogens (tertiary/aromatic N) is 3. The van der Waals surface area contributed by atoms with Gasteiger partial charge < -0.3 is 14.5 Å². The zero-order valence-electron chi connectivity index (χ0n) is 15.0. The highest BCUT2D eigenvalue weighted by Crippen LogP contribution is 2.23. The smallest absolute Gasteiger partial charge is 0.410 e. The van der Waals surface area contributed by atoms with Gasteiger partial charge in [0.05, 0.1) is 0 Å². The second-order valence-electron chi connectivity index (χ2n) is 7.74. The van der Waals surface area contributed by atoms with Crippen LogP contribution in [0.25, 0.3) is 0 Å². The number of ether oxygens (including phenoxy) is 1. The Morgan fingerprint density at radius 1 is 1.04 bits per heavy atom. The third-order valence-corrected chi connectivity index (χ3v) is 4.51. The maximum Gasteiger partial charge on any atom is 0.410 e. The van der Waals surface area contributed by atoms with Crippen LogP contribution in [0.4, 0.5) is 4.79 Å². The normalized spacial score (nSPS) is 20.3. The molecule has 0 aromatic rings. The molecule has 0 aliphatic carbocycles. The monoisotopic (exact) mass is 325 g/mol. The lowest BCUT2D eigenvalue weighted by molar-refractivity contribution is -0.130. The summed E-state index contributed by atoms with van der Waals surface area (Å²) in [4.78, 5) is 29.3. The number of piperazine rings is 1. The second kappa shape index (κ2) is 7.51. The summed E-state index contributed by atoms with van der Waals surface area (Å²) in [5.74, 6) is 0.794. The minimum absolute atomic E-state index is 0.182. The van der Waals surface area contributed by atoms with Crippen LogP contribution in [-0.4, -0.2) is 78.1 Å². The van der Waals surface area contributed by atoms with Crippen LogP contribution in [0.1, 0.15) is 40.5 Å². The van der Waals surface area contributed by atoms with E-state index in [2.05, 4.69) is 4.90 Å². The summed E-state index contributed by atoms with van der Waals surface area (Å²) in [7, 11) is 0. The summed E-state index contributed by atoms with van der Waals surface area (Å²) >= 11 is 0. The molecule has 0 radical (unpaired) electrons. The second-order valence-corrected chi connectivity index (χ2v) is 7.74. The molecule has 0 N–H and O–H groups in total. The van der Waals surface area contributed by atoms with Crippen molar-refractivity contribution < 1.29 is 14.3 Å². The molecule has 6 heteroatoms. The molecule has 0 bridgehead atoms. The van der Waals surface area contributed by atoms with Crippen LogP contribution in [0, 0.1) is 5.92 Å². The molecule has 0 aromatic carbocycles. The number of amides is 2. The molecule has 0 unspecified atom stereocenters. The van der Waals surface area contributed by atoms with Crippen molar-refractivity contribution in [1.82, 2.24) is 14.7 Å². The molecular formula is C17H31N3O3. The van der Waals surface area contributed by atoms with Gasteiger partial charge in [-0.2, -0.15) is 0 Å². The SMILES string of the molecule is CC(=O)N1CCN(CCCC2CN(C(=O)OC(C)(C)C)C2)CC1. The fraction of sp³-hybridized carbons (Fsp3) is 0.882. The van der Waals surface area contributed by atoms with Crippen LogP contribution in [0.5, 0.6) is 0 Å². The van der Waals surface area contributed by atoms with Gasteiger partial charge in [-0.1, -0.05) is 0 Å². The van der Waals surface area contributed by atoms with Crippen molar-refractivity contribution >= 4 is 12.0 Å². The highest BCUT2D eigenvalue weighted by atomic mass is 16.6. The molecule has 2 aliphatic rings. The van der Waals surface area contributed by atoms with E-state index in [1.807, 2.05) is 25.7 Å². The molecule has 2 saturated heterocycles. The lowest BCUT2D eigenvalue weighted by Gasteiger charge is -2.40. The summed E-state index contributed by atoms with van der Waals surface area (Å²) in [5, 5.41) is 0. The first-order chi connectivity index (χ1) is 10.7. The highest BCUT2D eigenvalue weighted by molar-refractivity contribution is 5.73. The van der Waals surface area contributed by atoms with Crippen LogP contribution in [0.15, 0.2) is 0 Å². The first kappa shape index (κ1) is 18.0. The van der Waals surface area contributed by atoms with E-state index < -0.39 is 5.60 Å². The Bertz CT molecular complexity index is 419. The van der Waals surface area contributed by atoms with Gasteiger partial charge in [0.15, 0.2) is 0 Å². The van der Waals surface area contributed by atoms with Crippen LogP contribution < -0.4 is 0 Å². The maximum absolute atomic E-state index is 11.9. The van der Waals surface area contributed by atoms with E-state index in [9.17, 15) is 9.59 Å². The lowest BCUT2D eigenvalue weighted by Crippen LogP contribution is -2.52. The standard InChI is InChI=1S/C17H31N3O3/c1-14(21)19-10-8-18(9-11-19)7-5-6-15-12-20(13-15)16(22)23-17(2,3)4/h15H,5-13H2,1-4H3. The number of rotatable bonds is 4. The van der Waals surface area contributed by atoms with E-state index in [1.165, 1.54) is 0 Å². The molecular weight excluding hydrogens is 294 g/mol. The van der Waals surface area contributed by atoms with Crippen LogP contribution in [-0.2, 0) is 9.53 Å². The van der Waals surface area contributed by atoms with Crippen molar-refractivity contribution in [3.8, 4) is 0 Å². The molecule has 23 heavy (non-hydrogen) atoms. The first-order valence-corrected chi connectivity index (χ1v) is 8.70. The van der Waals surface area contributed by atoms with Crippen molar-refractivity contribution in [3.63, 3.8) is 0 Å². The van der Waals surface area contributed by atoms with Crippen molar-refractivity contribution in [2.24, 2.45) is 5.92 Å². The number of hydrogen-bond donors (Lipinski definition) is 0. The highest BCUT2D eigenvalue weighted by Gasteiger charge is 2.33. The number of carbonyl (C=O) groups excluding carboxylic acids is 2. The molecule has 132 valence electrons. The van der Waals surface area contributed by atoms with Crippen LogP contribution >= 0.6 is 0 Å². The van der Waals surface area contributed by atoms with Gasteiger partial charge in [0, 0.05) is 46.2 Å². The summed E-state index contributed by atoms with van der Waals surface area (Å²) in [6.45, 7) is 13.7. The van der Waals surface area contributed by atoms with Gasteiger partial charge in [0.25, 0.3) is 0 Å². The topological polar surface area (TPSA) is 53.1 Å². The third kappa shape index (κ3) is 5.68. The molecule has 2 rings (SSSR count). The number of carbonyl (C=O) groups is 2. The number of likely N-dealkylation sites (tertiary alicyclic amines) is 1. The average molecular weight is 325 g/mol. The van der Waals surface area contributed by atoms with Gasteiger partial charge >= 0.3 is 6.09 Å². The van der Waals surface area contributed by atoms with E-state index in [0.717, 1.165) is 58.7 Å². The first-order valence-electron chi connectivity index (χ1n) is 8.70. The van der Waals surface area contributed by atoms with Gasteiger partial charge in [-0.05, 0) is 46.1 Å². The molecule has 2 fully saturated rings. The quantitative estimate of drug-likeness (QED) is 0.791. The Morgan fingerprint density at radius 2 is 1.65 bits per heavy atom. The van der Waals surface area contributed by atoms with E-state index >= 15 is 0 Å². The Hall–Kier alpha value is -1.30. The van der Waals surface area contributed by atoms with Crippen molar-refractivity contribution in [3.05, 3.63) is 0 Å². The molecule has 2 amide bonds. The van der Waals surface area contributed by atoms with Gasteiger partial charge in [-0.3, -0.25) is 9.69 Å². The average Bonchev–Trinajstić information content (AvgIpc) is 2.39. The maximum atomic E-state index is 11.9. The summed E-state index contributed by atoms with van der Waals surface area (Å²) < 4.78 is 5.37. The lowest BCUT2D eigenvalue weighted by atomic mass is 9.95. The number of hydrogen-bond acceptors (Lipinski definition) is 4. The molecule has 0 saturated carbocycles. The van der Waals surface area contributed by atoms with Crippen LogP contribution in [0.3, 0.4) is 0 Å². The summed E-state index contributed by atoms with van der Waals surface area (Å²) in [6.07, 6.45) is 2.13. The molecule has 0 aromatic heterocycles. The van der Waals surface area contributed by atoms with E-state index in [0.29, 0.717) is 5.92 Å².